The van der Waals surface area contributed by atoms with Crippen molar-refractivity contribution in [2.45, 2.75) is 23.8 Å². The zero-order chi connectivity index (χ0) is 18.0. The average molecular weight is 360 g/mol. The van der Waals surface area contributed by atoms with Gasteiger partial charge in [-0.2, -0.15) is 0 Å². The summed E-state index contributed by atoms with van der Waals surface area (Å²) in [4.78, 5) is 17.3. The molecular formula is C18H20N2O4S. The van der Waals surface area contributed by atoms with Crippen LogP contribution in [0, 0.1) is 0 Å². The van der Waals surface area contributed by atoms with Gasteiger partial charge in [0.2, 0.25) is 0 Å². The highest BCUT2D eigenvalue weighted by molar-refractivity contribution is 7.89. The molecule has 0 bridgehead atoms. The van der Waals surface area contributed by atoms with E-state index in [0.717, 1.165) is 22.9 Å². The Morgan fingerprint density at radius 3 is 2.52 bits per heavy atom. The third-order valence-electron chi connectivity index (χ3n) is 4.45. The highest BCUT2D eigenvalue weighted by Crippen LogP contribution is 2.30. The first-order valence-electron chi connectivity index (χ1n) is 7.95. The highest BCUT2D eigenvalue weighted by atomic mass is 32.2. The molecule has 1 amide bonds. The topological polar surface area (TPSA) is 75.7 Å². The summed E-state index contributed by atoms with van der Waals surface area (Å²) in [5, 5.41) is 3.02. The molecule has 2 aromatic carbocycles. The molecule has 0 saturated carbocycles. The van der Waals surface area contributed by atoms with Gasteiger partial charge in [0.1, 0.15) is 0 Å². The van der Waals surface area contributed by atoms with Crippen molar-refractivity contribution in [2.24, 2.45) is 0 Å². The van der Waals surface area contributed by atoms with E-state index in [1.165, 1.54) is 44.0 Å². The summed E-state index contributed by atoms with van der Waals surface area (Å²) in [7, 11) is -1.12. The van der Waals surface area contributed by atoms with Crippen LogP contribution in [0.5, 0.6) is 0 Å². The summed E-state index contributed by atoms with van der Waals surface area (Å²) in [6.45, 7) is 0. The molecule has 3 rings (SSSR count). The van der Waals surface area contributed by atoms with E-state index in [9.17, 15) is 13.2 Å². The minimum atomic E-state index is -3.71. The Hall–Kier alpha value is -2.22. The number of amides is 1. The van der Waals surface area contributed by atoms with Gasteiger partial charge < -0.3 is 5.32 Å². The number of carbonyl (C=O) groups is 1. The van der Waals surface area contributed by atoms with Gasteiger partial charge in [-0.15, -0.1) is 0 Å². The third-order valence-corrected chi connectivity index (χ3v) is 6.14. The summed E-state index contributed by atoms with van der Waals surface area (Å²) in [6.07, 6.45) is 1.82. The normalized spacial score (nSPS) is 16.7. The molecule has 2 aromatic rings. The van der Waals surface area contributed by atoms with E-state index in [1.807, 2.05) is 18.2 Å². The van der Waals surface area contributed by atoms with Gasteiger partial charge in [-0.25, -0.2) is 8.42 Å². The van der Waals surface area contributed by atoms with Crippen LogP contribution < -0.4 is 5.32 Å². The van der Waals surface area contributed by atoms with Gasteiger partial charge in [0.25, 0.3) is 15.9 Å². The van der Waals surface area contributed by atoms with Crippen molar-refractivity contribution < 1.29 is 18.0 Å². The molecule has 1 N–H and O–H groups in total. The predicted molar refractivity (Wildman–Crippen MR) is 93.4 cm³/mol. The Kier molecular flexibility index (Phi) is 4.89. The highest BCUT2D eigenvalue weighted by Gasteiger charge is 2.24. The Morgan fingerprint density at radius 2 is 1.84 bits per heavy atom. The summed E-state index contributed by atoms with van der Waals surface area (Å²) in [5.74, 6) is -0.217. The van der Waals surface area contributed by atoms with Gasteiger partial charge in [-0.3, -0.25) is 9.63 Å². The zero-order valence-electron chi connectivity index (χ0n) is 14.1. The second-order valence-electron chi connectivity index (χ2n) is 5.89. The Bertz CT molecular complexity index is 878. The summed E-state index contributed by atoms with van der Waals surface area (Å²) in [5.41, 5.74) is 2.83. The van der Waals surface area contributed by atoms with Crippen molar-refractivity contribution in [3.63, 3.8) is 0 Å². The molecular weight excluding hydrogens is 340 g/mol. The summed E-state index contributed by atoms with van der Waals surface area (Å²) < 4.78 is 25.1. The number of rotatable bonds is 5. The van der Waals surface area contributed by atoms with Crippen molar-refractivity contribution in [2.75, 3.05) is 14.2 Å². The fraction of sp³-hybridized carbons (Fsp3) is 0.278. The lowest BCUT2D eigenvalue weighted by atomic mass is 10.1. The first kappa shape index (κ1) is 17.6. The van der Waals surface area contributed by atoms with Gasteiger partial charge in [0.05, 0.1) is 18.0 Å². The van der Waals surface area contributed by atoms with Crippen LogP contribution in [-0.4, -0.2) is 33.0 Å². The van der Waals surface area contributed by atoms with Crippen LogP contribution in [0.4, 0.5) is 0 Å². The molecule has 0 unspecified atom stereocenters. The summed E-state index contributed by atoms with van der Waals surface area (Å²) >= 11 is 0. The number of sulfonamides is 1. The molecule has 25 heavy (non-hydrogen) atoms. The zero-order valence-corrected chi connectivity index (χ0v) is 14.9. The van der Waals surface area contributed by atoms with Gasteiger partial charge in [-0.05, 0) is 48.2 Å². The van der Waals surface area contributed by atoms with Crippen molar-refractivity contribution in [1.82, 2.24) is 9.79 Å². The number of fused-ring (bicyclic) bond motifs is 1. The fourth-order valence-electron chi connectivity index (χ4n) is 2.97. The van der Waals surface area contributed by atoms with Crippen LogP contribution in [0.3, 0.4) is 0 Å². The van der Waals surface area contributed by atoms with E-state index in [0.29, 0.717) is 5.56 Å². The second kappa shape index (κ2) is 6.95. The van der Waals surface area contributed by atoms with Crippen LogP contribution in [0.15, 0.2) is 53.4 Å². The molecule has 6 nitrogen and oxygen atoms in total. The lowest BCUT2D eigenvalue weighted by Crippen LogP contribution is -2.28. The predicted octanol–water partition coefficient (Wildman–Crippen LogP) is 2.29. The van der Waals surface area contributed by atoms with Crippen molar-refractivity contribution >= 4 is 15.9 Å². The van der Waals surface area contributed by atoms with E-state index in [1.54, 1.807) is 0 Å². The largest absolute Gasteiger partial charge is 0.345 e. The molecule has 1 aliphatic carbocycles. The minimum absolute atomic E-state index is 0.00765. The van der Waals surface area contributed by atoms with Crippen LogP contribution in [0.1, 0.15) is 33.9 Å². The van der Waals surface area contributed by atoms with Crippen molar-refractivity contribution in [1.29, 1.82) is 0 Å². The maximum atomic E-state index is 12.5. The van der Waals surface area contributed by atoms with Crippen molar-refractivity contribution in [3.8, 4) is 0 Å². The standard InChI is InChI=1S/C18H20N2O4S/c1-20(24-2)25(22,23)15-10-7-14(8-11-15)18(21)19-17-12-9-13-5-3-4-6-16(13)17/h3-8,10-11,17H,9,12H2,1-2H3,(H,19,21)/t17-/m1/s1. The molecule has 0 saturated heterocycles. The Balaban J connectivity index is 1.74. The quantitative estimate of drug-likeness (QED) is 0.830. The Morgan fingerprint density at radius 1 is 1.16 bits per heavy atom. The minimum Gasteiger partial charge on any atom is -0.345 e. The second-order valence-corrected chi connectivity index (χ2v) is 7.82. The maximum absolute atomic E-state index is 12.5. The molecule has 0 radical (unpaired) electrons. The molecule has 132 valence electrons. The van der Waals surface area contributed by atoms with E-state index in [2.05, 4.69) is 11.4 Å². The number of hydrogen-bond acceptors (Lipinski definition) is 4. The molecule has 0 aromatic heterocycles. The average Bonchev–Trinajstić information content (AvgIpc) is 3.04. The number of nitrogens with one attached hydrogen (secondary N) is 1. The van der Waals surface area contributed by atoms with Crippen LogP contribution in [0.25, 0.3) is 0 Å². The molecule has 1 atom stereocenters. The lowest BCUT2D eigenvalue weighted by molar-refractivity contribution is -0.0258. The number of benzene rings is 2. The van der Waals surface area contributed by atoms with E-state index in [4.69, 9.17) is 4.84 Å². The molecule has 0 spiro atoms. The van der Waals surface area contributed by atoms with E-state index in [-0.39, 0.29) is 16.8 Å². The van der Waals surface area contributed by atoms with Crippen LogP contribution >= 0.6 is 0 Å². The first-order valence-corrected chi connectivity index (χ1v) is 9.39. The van der Waals surface area contributed by atoms with Crippen LogP contribution in [0.2, 0.25) is 0 Å². The van der Waals surface area contributed by atoms with Gasteiger partial charge in [0.15, 0.2) is 0 Å². The van der Waals surface area contributed by atoms with Gasteiger partial charge >= 0.3 is 0 Å². The number of nitrogens with zero attached hydrogens (tertiary/aromatic N) is 1. The van der Waals surface area contributed by atoms with Crippen molar-refractivity contribution in [3.05, 3.63) is 65.2 Å². The van der Waals surface area contributed by atoms with Crippen LogP contribution in [-0.2, 0) is 21.3 Å². The number of hydroxylamine groups is 1. The van der Waals surface area contributed by atoms with Gasteiger partial charge in [0, 0.05) is 12.6 Å². The molecule has 0 heterocycles. The molecule has 0 fully saturated rings. The first-order chi connectivity index (χ1) is 11.9. The molecule has 7 heteroatoms. The number of aryl methyl sites for hydroxylation is 1. The SMILES string of the molecule is CON(C)S(=O)(=O)c1ccc(C(=O)N[C@@H]2CCc3ccccc32)cc1. The third kappa shape index (κ3) is 3.44. The van der Waals surface area contributed by atoms with E-state index >= 15 is 0 Å². The smallest absolute Gasteiger partial charge is 0.264 e. The molecule has 0 aliphatic heterocycles. The number of carbonyl (C=O) groups excluding carboxylic acids is 1. The monoisotopic (exact) mass is 360 g/mol. The lowest BCUT2D eigenvalue weighted by Gasteiger charge is -2.16. The molecule has 1 aliphatic rings. The maximum Gasteiger partial charge on any atom is 0.264 e. The van der Waals surface area contributed by atoms with E-state index < -0.39 is 10.0 Å². The fourth-order valence-corrected chi connectivity index (χ4v) is 3.95. The Labute approximate surface area is 147 Å². The summed E-state index contributed by atoms with van der Waals surface area (Å²) in [6, 6.07) is 13.9. The van der Waals surface area contributed by atoms with Gasteiger partial charge in [-0.1, -0.05) is 28.7 Å². The number of hydrogen-bond donors (Lipinski definition) is 1.